The molecule has 20 heavy (non-hydrogen) atoms. The van der Waals surface area contributed by atoms with E-state index in [4.69, 9.17) is 4.74 Å². The predicted octanol–water partition coefficient (Wildman–Crippen LogP) is 1.97. The van der Waals surface area contributed by atoms with Crippen LogP contribution in [0.5, 0.6) is 0 Å². The lowest BCUT2D eigenvalue weighted by Crippen LogP contribution is -2.36. The number of carbonyl (C=O) groups excluding carboxylic acids is 2. The van der Waals surface area contributed by atoms with Crippen LogP contribution in [0.4, 0.5) is 9.18 Å². The van der Waals surface area contributed by atoms with Gasteiger partial charge in [0.2, 0.25) is 0 Å². The first-order valence-electron chi connectivity index (χ1n) is 6.43. The van der Waals surface area contributed by atoms with Gasteiger partial charge in [-0.1, -0.05) is 12.1 Å². The molecule has 0 fully saturated rings. The van der Waals surface area contributed by atoms with E-state index < -0.39 is 0 Å². The standard InChI is InChI=1S/C14H19FN2O3/c1-10(2)20-13(18)7-8-16-14(19)17-9-11-3-5-12(15)6-4-11/h3-6,10H,7-9H2,1-2H3,(H2,16,17,19). The monoisotopic (exact) mass is 282 g/mol. The first kappa shape index (κ1) is 15.9. The van der Waals surface area contributed by atoms with Crippen LogP contribution in [0.25, 0.3) is 0 Å². The van der Waals surface area contributed by atoms with Gasteiger partial charge in [0.25, 0.3) is 0 Å². The highest BCUT2D eigenvalue weighted by Gasteiger charge is 2.06. The van der Waals surface area contributed by atoms with Crippen LogP contribution in [0.2, 0.25) is 0 Å². The minimum absolute atomic E-state index is 0.127. The molecule has 2 N–H and O–H groups in total. The topological polar surface area (TPSA) is 67.4 Å². The fourth-order valence-electron chi connectivity index (χ4n) is 1.45. The Bertz CT molecular complexity index is 446. The third kappa shape index (κ3) is 6.72. The molecular formula is C14H19FN2O3. The summed E-state index contributed by atoms with van der Waals surface area (Å²) in [6.45, 7) is 4.03. The number of hydrogen-bond donors (Lipinski definition) is 2. The molecule has 1 rings (SSSR count). The number of esters is 1. The van der Waals surface area contributed by atoms with Gasteiger partial charge in [-0.25, -0.2) is 9.18 Å². The van der Waals surface area contributed by atoms with Crippen molar-refractivity contribution >= 4 is 12.0 Å². The minimum Gasteiger partial charge on any atom is -0.463 e. The SMILES string of the molecule is CC(C)OC(=O)CCNC(=O)NCc1ccc(F)cc1. The van der Waals surface area contributed by atoms with Crippen molar-refractivity contribution in [1.29, 1.82) is 0 Å². The zero-order chi connectivity index (χ0) is 15.0. The maximum absolute atomic E-state index is 12.7. The zero-order valence-electron chi connectivity index (χ0n) is 11.6. The van der Waals surface area contributed by atoms with E-state index in [1.54, 1.807) is 26.0 Å². The molecule has 0 heterocycles. The van der Waals surface area contributed by atoms with E-state index in [-0.39, 0.29) is 36.9 Å². The average molecular weight is 282 g/mol. The lowest BCUT2D eigenvalue weighted by Gasteiger charge is -2.09. The molecule has 0 atom stereocenters. The number of halogens is 1. The van der Waals surface area contributed by atoms with E-state index in [0.29, 0.717) is 6.54 Å². The molecule has 2 amide bonds. The number of urea groups is 1. The van der Waals surface area contributed by atoms with E-state index in [1.807, 2.05) is 0 Å². The van der Waals surface area contributed by atoms with Crippen LogP contribution in [0.3, 0.4) is 0 Å². The van der Waals surface area contributed by atoms with Crippen molar-refractivity contribution in [3.8, 4) is 0 Å². The van der Waals surface area contributed by atoms with Crippen LogP contribution in [0, 0.1) is 5.82 Å². The second-order valence-electron chi connectivity index (χ2n) is 4.52. The fourth-order valence-corrected chi connectivity index (χ4v) is 1.45. The summed E-state index contributed by atoms with van der Waals surface area (Å²) in [6.07, 6.45) is -0.0305. The van der Waals surface area contributed by atoms with Crippen molar-refractivity contribution in [3.63, 3.8) is 0 Å². The van der Waals surface area contributed by atoms with E-state index in [9.17, 15) is 14.0 Å². The summed E-state index contributed by atoms with van der Waals surface area (Å²) < 4.78 is 17.6. The van der Waals surface area contributed by atoms with E-state index >= 15 is 0 Å². The van der Waals surface area contributed by atoms with Crippen molar-refractivity contribution in [1.82, 2.24) is 10.6 Å². The molecule has 1 aromatic rings. The molecule has 110 valence electrons. The number of ether oxygens (including phenoxy) is 1. The highest BCUT2D eigenvalue weighted by molar-refractivity contribution is 5.75. The van der Waals surface area contributed by atoms with Crippen LogP contribution in [-0.2, 0) is 16.1 Å². The average Bonchev–Trinajstić information content (AvgIpc) is 2.37. The molecular weight excluding hydrogens is 263 g/mol. The molecule has 0 spiro atoms. The Morgan fingerprint density at radius 2 is 1.85 bits per heavy atom. The van der Waals surface area contributed by atoms with E-state index in [2.05, 4.69) is 10.6 Å². The quantitative estimate of drug-likeness (QED) is 0.784. The van der Waals surface area contributed by atoms with E-state index in [0.717, 1.165) is 5.56 Å². The predicted molar refractivity (Wildman–Crippen MR) is 72.5 cm³/mol. The van der Waals surface area contributed by atoms with Gasteiger partial charge >= 0.3 is 12.0 Å². The van der Waals surface area contributed by atoms with Crippen LogP contribution < -0.4 is 10.6 Å². The summed E-state index contributed by atoms with van der Waals surface area (Å²) >= 11 is 0. The number of rotatable bonds is 6. The highest BCUT2D eigenvalue weighted by Crippen LogP contribution is 2.01. The Balaban J connectivity index is 2.17. The molecule has 1 aromatic carbocycles. The maximum Gasteiger partial charge on any atom is 0.315 e. The van der Waals surface area contributed by atoms with Gasteiger partial charge in [0.1, 0.15) is 5.82 Å². The highest BCUT2D eigenvalue weighted by atomic mass is 19.1. The molecule has 0 aliphatic carbocycles. The second kappa shape index (κ2) is 8.14. The summed E-state index contributed by atoms with van der Waals surface area (Å²) in [5.41, 5.74) is 0.792. The van der Waals surface area contributed by atoms with E-state index in [1.165, 1.54) is 12.1 Å². The molecule has 0 unspecified atom stereocenters. The molecule has 0 saturated carbocycles. The summed E-state index contributed by atoms with van der Waals surface area (Å²) in [4.78, 5) is 22.7. The van der Waals surface area contributed by atoms with Gasteiger partial charge in [-0.2, -0.15) is 0 Å². The smallest absolute Gasteiger partial charge is 0.315 e. The summed E-state index contributed by atoms with van der Waals surface area (Å²) in [6, 6.07) is 5.46. The lowest BCUT2D eigenvalue weighted by atomic mass is 10.2. The Kier molecular flexibility index (Phi) is 6.49. The molecule has 0 bridgehead atoms. The fraction of sp³-hybridized carbons (Fsp3) is 0.429. The van der Waals surface area contributed by atoms with Crippen LogP contribution in [0.1, 0.15) is 25.8 Å². The summed E-state index contributed by atoms with van der Waals surface area (Å²) in [7, 11) is 0. The van der Waals surface area contributed by atoms with Gasteiger partial charge in [-0.3, -0.25) is 4.79 Å². The van der Waals surface area contributed by atoms with Crippen molar-refractivity contribution in [3.05, 3.63) is 35.6 Å². The first-order chi connectivity index (χ1) is 9.47. The van der Waals surface area contributed by atoms with Gasteiger partial charge in [-0.05, 0) is 31.5 Å². The van der Waals surface area contributed by atoms with Crippen molar-refractivity contribution < 1.29 is 18.7 Å². The Labute approximate surface area is 117 Å². The first-order valence-corrected chi connectivity index (χ1v) is 6.43. The van der Waals surface area contributed by atoms with Crippen molar-refractivity contribution in [2.24, 2.45) is 0 Å². The number of benzene rings is 1. The Hall–Kier alpha value is -2.11. The van der Waals surface area contributed by atoms with Crippen molar-refractivity contribution in [2.75, 3.05) is 6.54 Å². The minimum atomic E-state index is -0.383. The lowest BCUT2D eigenvalue weighted by molar-refractivity contribution is -0.147. The third-order valence-electron chi connectivity index (χ3n) is 2.35. The largest absolute Gasteiger partial charge is 0.463 e. The summed E-state index contributed by atoms with van der Waals surface area (Å²) in [5.74, 6) is -0.666. The molecule has 0 radical (unpaired) electrons. The molecule has 0 aromatic heterocycles. The summed E-state index contributed by atoms with van der Waals surface area (Å²) in [5, 5.41) is 5.15. The number of amides is 2. The molecule has 5 nitrogen and oxygen atoms in total. The van der Waals surface area contributed by atoms with Gasteiger partial charge in [0.05, 0.1) is 12.5 Å². The van der Waals surface area contributed by atoms with Gasteiger partial charge in [-0.15, -0.1) is 0 Å². The van der Waals surface area contributed by atoms with Gasteiger partial charge in [0, 0.05) is 13.1 Å². The zero-order valence-corrected chi connectivity index (χ0v) is 11.6. The molecule has 0 saturated heterocycles. The van der Waals surface area contributed by atoms with Gasteiger partial charge < -0.3 is 15.4 Å². The molecule has 6 heteroatoms. The van der Waals surface area contributed by atoms with Crippen LogP contribution >= 0.6 is 0 Å². The van der Waals surface area contributed by atoms with Crippen LogP contribution in [0.15, 0.2) is 24.3 Å². The third-order valence-corrected chi connectivity index (χ3v) is 2.35. The number of hydrogen-bond acceptors (Lipinski definition) is 3. The normalized spacial score (nSPS) is 10.2. The Morgan fingerprint density at radius 1 is 1.20 bits per heavy atom. The maximum atomic E-state index is 12.7. The molecule has 0 aliphatic rings. The van der Waals surface area contributed by atoms with Gasteiger partial charge in [0.15, 0.2) is 0 Å². The van der Waals surface area contributed by atoms with Crippen LogP contribution in [-0.4, -0.2) is 24.6 Å². The number of nitrogens with one attached hydrogen (secondary N) is 2. The van der Waals surface area contributed by atoms with Crippen molar-refractivity contribution in [2.45, 2.75) is 32.9 Å². The number of carbonyl (C=O) groups is 2. The Morgan fingerprint density at radius 3 is 2.45 bits per heavy atom. The molecule has 0 aliphatic heterocycles. The second-order valence-corrected chi connectivity index (χ2v) is 4.52.